The summed E-state index contributed by atoms with van der Waals surface area (Å²) in [5.41, 5.74) is 4.31. The smallest absolute Gasteiger partial charge is 0.245 e. The Morgan fingerprint density at radius 3 is 2.77 bits per heavy atom. The van der Waals surface area contributed by atoms with Gasteiger partial charge in [-0.2, -0.15) is 5.10 Å². The zero-order valence-corrected chi connectivity index (χ0v) is 15.7. The number of nitrogens with one attached hydrogen (secondary N) is 1. The molecule has 0 aliphatic heterocycles. The zero-order chi connectivity index (χ0) is 18.8. The minimum atomic E-state index is -0.160. The summed E-state index contributed by atoms with van der Waals surface area (Å²) in [6.07, 6.45) is 5.88. The molecule has 1 aromatic heterocycles. The zero-order valence-electron chi connectivity index (χ0n) is 15.7. The number of ether oxygens (including phenoxy) is 2. The molecule has 2 aromatic rings. The SMILES string of the molecule is CCCCOc1ccc(/C=N/NC(=O)Cc2cccn2C)cc1OCC. The van der Waals surface area contributed by atoms with Gasteiger partial charge < -0.3 is 14.0 Å². The van der Waals surface area contributed by atoms with E-state index >= 15 is 0 Å². The molecule has 1 aromatic carbocycles. The van der Waals surface area contributed by atoms with Crippen LogP contribution in [0, 0.1) is 0 Å². The van der Waals surface area contributed by atoms with E-state index in [1.165, 1.54) is 0 Å². The van der Waals surface area contributed by atoms with Gasteiger partial charge in [-0.15, -0.1) is 0 Å². The first-order valence-corrected chi connectivity index (χ1v) is 8.95. The maximum absolute atomic E-state index is 11.9. The van der Waals surface area contributed by atoms with Crippen molar-refractivity contribution in [2.75, 3.05) is 13.2 Å². The monoisotopic (exact) mass is 357 g/mol. The van der Waals surface area contributed by atoms with Gasteiger partial charge in [0.2, 0.25) is 5.91 Å². The van der Waals surface area contributed by atoms with Gasteiger partial charge in [-0.1, -0.05) is 13.3 Å². The number of hydrogen-bond acceptors (Lipinski definition) is 4. The van der Waals surface area contributed by atoms with Crippen LogP contribution in [0.2, 0.25) is 0 Å². The second-order valence-electron chi connectivity index (χ2n) is 5.92. The predicted octanol–water partition coefficient (Wildman–Crippen LogP) is 3.30. The van der Waals surface area contributed by atoms with Gasteiger partial charge in [-0.05, 0) is 49.2 Å². The van der Waals surface area contributed by atoms with E-state index < -0.39 is 0 Å². The second-order valence-corrected chi connectivity index (χ2v) is 5.92. The molecule has 140 valence electrons. The van der Waals surface area contributed by atoms with Crippen LogP contribution in [-0.2, 0) is 18.3 Å². The van der Waals surface area contributed by atoms with E-state index in [9.17, 15) is 4.79 Å². The van der Waals surface area contributed by atoms with Crippen LogP contribution in [0.25, 0.3) is 0 Å². The molecule has 6 nitrogen and oxygen atoms in total. The summed E-state index contributed by atoms with van der Waals surface area (Å²) in [5, 5.41) is 4.03. The molecule has 1 heterocycles. The lowest BCUT2D eigenvalue weighted by Crippen LogP contribution is -2.20. The molecule has 2 rings (SSSR count). The lowest BCUT2D eigenvalue weighted by molar-refractivity contribution is -0.120. The van der Waals surface area contributed by atoms with Gasteiger partial charge in [-0.25, -0.2) is 5.43 Å². The van der Waals surface area contributed by atoms with Crippen LogP contribution in [0.4, 0.5) is 0 Å². The highest BCUT2D eigenvalue weighted by molar-refractivity contribution is 5.83. The van der Waals surface area contributed by atoms with E-state index in [1.807, 2.05) is 55.1 Å². The summed E-state index contributed by atoms with van der Waals surface area (Å²) in [4.78, 5) is 11.9. The normalized spacial score (nSPS) is 10.9. The molecule has 0 saturated heterocycles. The number of hydrazone groups is 1. The average molecular weight is 357 g/mol. The third-order valence-corrected chi connectivity index (χ3v) is 3.82. The Balaban J connectivity index is 1.94. The highest BCUT2D eigenvalue weighted by Gasteiger charge is 2.07. The van der Waals surface area contributed by atoms with E-state index in [1.54, 1.807) is 6.21 Å². The Kier molecular flexibility index (Phi) is 7.74. The van der Waals surface area contributed by atoms with Crippen LogP contribution in [-0.4, -0.2) is 29.9 Å². The molecule has 0 aliphatic rings. The lowest BCUT2D eigenvalue weighted by atomic mass is 10.2. The van der Waals surface area contributed by atoms with Crippen molar-refractivity contribution in [1.29, 1.82) is 0 Å². The molecule has 6 heteroatoms. The number of carbonyl (C=O) groups excluding carboxylic acids is 1. The summed E-state index contributed by atoms with van der Waals surface area (Å²) < 4.78 is 13.3. The van der Waals surface area contributed by atoms with E-state index in [0.29, 0.717) is 19.0 Å². The van der Waals surface area contributed by atoms with Crippen LogP contribution >= 0.6 is 0 Å². The van der Waals surface area contributed by atoms with Crippen LogP contribution in [0.15, 0.2) is 41.6 Å². The van der Waals surface area contributed by atoms with Gasteiger partial charge in [0.1, 0.15) is 0 Å². The highest BCUT2D eigenvalue weighted by atomic mass is 16.5. The molecular formula is C20H27N3O3. The Morgan fingerprint density at radius 1 is 1.23 bits per heavy atom. The number of rotatable bonds is 10. The van der Waals surface area contributed by atoms with Crippen molar-refractivity contribution in [1.82, 2.24) is 9.99 Å². The Bertz CT molecular complexity index is 738. The molecule has 0 unspecified atom stereocenters. The van der Waals surface area contributed by atoms with Crippen molar-refractivity contribution in [3.8, 4) is 11.5 Å². The van der Waals surface area contributed by atoms with Crippen molar-refractivity contribution in [3.05, 3.63) is 47.8 Å². The molecule has 1 amide bonds. The molecule has 0 spiro atoms. The number of amides is 1. The number of hydrogen-bond donors (Lipinski definition) is 1. The summed E-state index contributed by atoms with van der Waals surface area (Å²) in [6.45, 7) is 5.27. The van der Waals surface area contributed by atoms with Crippen molar-refractivity contribution < 1.29 is 14.3 Å². The summed E-state index contributed by atoms with van der Waals surface area (Å²) in [6, 6.07) is 9.43. The van der Waals surface area contributed by atoms with E-state index in [2.05, 4.69) is 17.5 Å². The first-order valence-electron chi connectivity index (χ1n) is 8.95. The number of carbonyl (C=O) groups is 1. The van der Waals surface area contributed by atoms with E-state index in [-0.39, 0.29) is 12.3 Å². The minimum absolute atomic E-state index is 0.160. The number of aryl methyl sites for hydroxylation is 1. The third kappa shape index (κ3) is 5.95. The lowest BCUT2D eigenvalue weighted by Gasteiger charge is -2.12. The van der Waals surface area contributed by atoms with E-state index in [0.717, 1.165) is 29.8 Å². The summed E-state index contributed by atoms with van der Waals surface area (Å²) in [5.74, 6) is 1.25. The van der Waals surface area contributed by atoms with Gasteiger partial charge >= 0.3 is 0 Å². The van der Waals surface area contributed by atoms with Crippen LogP contribution in [0.3, 0.4) is 0 Å². The van der Waals surface area contributed by atoms with Gasteiger partial charge in [-0.3, -0.25) is 4.79 Å². The largest absolute Gasteiger partial charge is 0.490 e. The maximum atomic E-state index is 11.9. The van der Waals surface area contributed by atoms with Crippen molar-refractivity contribution in [2.24, 2.45) is 12.1 Å². The van der Waals surface area contributed by atoms with Crippen molar-refractivity contribution in [2.45, 2.75) is 33.1 Å². The highest BCUT2D eigenvalue weighted by Crippen LogP contribution is 2.28. The Morgan fingerprint density at radius 2 is 2.08 bits per heavy atom. The number of unbranched alkanes of at least 4 members (excludes halogenated alkanes) is 1. The standard InChI is InChI=1S/C20H27N3O3/c1-4-6-12-26-18-10-9-16(13-19(18)25-5-2)15-21-22-20(24)14-17-8-7-11-23(17)3/h7-11,13,15H,4-6,12,14H2,1-3H3,(H,22,24)/b21-15+. The molecule has 1 N–H and O–H groups in total. The molecule has 0 saturated carbocycles. The van der Waals surface area contributed by atoms with Gasteiger partial charge in [0.25, 0.3) is 0 Å². The fourth-order valence-corrected chi connectivity index (χ4v) is 2.38. The van der Waals surface area contributed by atoms with Crippen LogP contribution in [0.5, 0.6) is 11.5 Å². The fraction of sp³-hybridized carbons (Fsp3) is 0.400. The van der Waals surface area contributed by atoms with Gasteiger partial charge in [0, 0.05) is 18.9 Å². The second kappa shape index (κ2) is 10.3. The number of benzene rings is 1. The van der Waals surface area contributed by atoms with Crippen molar-refractivity contribution in [3.63, 3.8) is 0 Å². The summed E-state index contributed by atoms with van der Waals surface area (Å²) in [7, 11) is 1.91. The van der Waals surface area contributed by atoms with E-state index in [4.69, 9.17) is 9.47 Å². The average Bonchev–Trinajstić information content (AvgIpc) is 3.02. The first-order chi connectivity index (χ1) is 12.6. The Labute approximate surface area is 154 Å². The minimum Gasteiger partial charge on any atom is -0.490 e. The number of aromatic nitrogens is 1. The summed E-state index contributed by atoms with van der Waals surface area (Å²) >= 11 is 0. The van der Waals surface area contributed by atoms with Crippen LogP contribution < -0.4 is 14.9 Å². The third-order valence-electron chi connectivity index (χ3n) is 3.82. The number of nitrogens with zero attached hydrogens (tertiary/aromatic N) is 2. The molecule has 0 bridgehead atoms. The molecule has 0 atom stereocenters. The topological polar surface area (TPSA) is 64.8 Å². The predicted molar refractivity (Wildman–Crippen MR) is 103 cm³/mol. The molecule has 0 fully saturated rings. The molecular weight excluding hydrogens is 330 g/mol. The van der Waals surface area contributed by atoms with Crippen molar-refractivity contribution >= 4 is 12.1 Å². The molecule has 0 aliphatic carbocycles. The molecule has 26 heavy (non-hydrogen) atoms. The quantitative estimate of drug-likeness (QED) is 0.403. The van der Waals surface area contributed by atoms with Gasteiger partial charge in [0.05, 0.1) is 25.8 Å². The van der Waals surface area contributed by atoms with Crippen LogP contribution in [0.1, 0.15) is 37.9 Å². The maximum Gasteiger partial charge on any atom is 0.245 e. The van der Waals surface area contributed by atoms with Gasteiger partial charge in [0.15, 0.2) is 11.5 Å². The Hall–Kier alpha value is -2.76. The first kappa shape index (κ1) is 19.6. The molecule has 0 radical (unpaired) electrons. The fourth-order valence-electron chi connectivity index (χ4n) is 2.38.